The first-order chi connectivity index (χ1) is 28.7. The Balaban J connectivity index is 1.09. The highest BCUT2D eigenvalue weighted by Crippen LogP contribution is 2.42. The number of pyridine rings is 1. The number of carbonyl (C=O) groups is 1. The highest BCUT2D eigenvalue weighted by Gasteiger charge is 2.31. The van der Waals surface area contributed by atoms with E-state index in [2.05, 4.69) is 62.1 Å². The molecule has 2 aromatic heterocycles. The van der Waals surface area contributed by atoms with Crippen LogP contribution in [-0.4, -0.2) is 111 Å². The molecule has 7 rings (SSSR count). The average Bonchev–Trinajstić information content (AvgIpc) is 3.69. The van der Waals surface area contributed by atoms with Gasteiger partial charge in [-0.05, 0) is 80.1 Å². The fourth-order valence-corrected chi connectivity index (χ4v) is 9.27. The highest BCUT2D eigenvalue weighted by atomic mass is 32.2. The van der Waals surface area contributed by atoms with Crippen LogP contribution in [0.5, 0.6) is 11.5 Å². The number of amides is 1. The molecule has 2 saturated heterocycles. The van der Waals surface area contributed by atoms with E-state index in [1.807, 2.05) is 13.1 Å². The van der Waals surface area contributed by atoms with Crippen molar-refractivity contribution in [3.05, 3.63) is 99.9 Å². The van der Waals surface area contributed by atoms with Crippen molar-refractivity contribution in [2.24, 2.45) is 5.41 Å². The maximum atomic E-state index is 13.9. The van der Waals surface area contributed by atoms with Gasteiger partial charge in [0.1, 0.15) is 22.8 Å². The summed E-state index contributed by atoms with van der Waals surface area (Å²) in [6, 6.07) is 12.2. The molecule has 3 N–H and O–H groups in total. The lowest BCUT2D eigenvalue weighted by molar-refractivity contribution is -0.384. The maximum absolute atomic E-state index is 13.9. The van der Waals surface area contributed by atoms with Gasteiger partial charge in [-0.1, -0.05) is 44.9 Å². The van der Waals surface area contributed by atoms with E-state index in [1.165, 1.54) is 41.5 Å². The molecule has 4 heterocycles. The summed E-state index contributed by atoms with van der Waals surface area (Å²) in [4.78, 5) is 39.2. The normalized spacial score (nSPS) is 19.0. The minimum atomic E-state index is -4.56. The number of nitrogens with zero attached hydrogens (tertiary/aromatic N) is 5. The van der Waals surface area contributed by atoms with E-state index in [4.69, 9.17) is 9.47 Å². The number of piperazine rings is 1. The van der Waals surface area contributed by atoms with E-state index in [0.29, 0.717) is 31.1 Å². The van der Waals surface area contributed by atoms with Crippen LogP contribution in [0.15, 0.2) is 89.1 Å². The number of ether oxygens (including phenoxy) is 2. The molecular weight excluding hydrogens is 785 g/mol. The van der Waals surface area contributed by atoms with Crippen molar-refractivity contribution in [2.75, 3.05) is 76.2 Å². The van der Waals surface area contributed by atoms with Gasteiger partial charge in [0, 0.05) is 81.8 Å². The van der Waals surface area contributed by atoms with E-state index in [1.54, 1.807) is 30.5 Å². The Hall–Kier alpha value is -5.29. The Bertz CT molecular complexity index is 2390. The van der Waals surface area contributed by atoms with Crippen LogP contribution < -0.4 is 19.7 Å². The SMILES string of the molecule is C=C(CCC)C1=C(CN2CCN(c3ccc(C(=O)NS(=O)(=O)c4ccc(NC[C@@H]5CN(C)CCO5)c([N+](=O)[O-])c4)c(Oc4cnc5[nH]ccc5c4)c3)CC2)CCC(C)(C)C1. The van der Waals surface area contributed by atoms with Crippen molar-refractivity contribution in [3.63, 3.8) is 0 Å². The van der Waals surface area contributed by atoms with Crippen LogP contribution >= 0.6 is 0 Å². The summed E-state index contributed by atoms with van der Waals surface area (Å²) in [5, 5.41) is 15.9. The standard InChI is InChI=1S/C44H56N8O7S/c1-6-7-30(2)38-25-44(3,4)14-12-32(38)28-50-16-18-51(19-17-50)33-8-10-37(41(23-33)59-34-22-31-13-15-45-42(31)47-26-34)43(53)48-60(56,57)36-9-11-39(40(24-36)52(54)55)46-27-35-29-49(5)20-21-58-35/h8-11,13,15,22-24,26,35,46H,2,6-7,12,14,16-21,25,27-29H2,1,3-5H3,(H,45,47)(H,48,53)/t35-/m1/s1. The number of benzene rings is 2. The first-order valence-corrected chi connectivity index (χ1v) is 22.2. The predicted molar refractivity (Wildman–Crippen MR) is 233 cm³/mol. The lowest BCUT2D eigenvalue weighted by atomic mass is 9.72. The number of allylic oxidation sites excluding steroid dienone is 2. The quantitative estimate of drug-likeness (QED) is 0.0819. The molecule has 320 valence electrons. The minimum Gasteiger partial charge on any atom is -0.455 e. The molecule has 3 aliphatic rings. The number of hydrogen-bond acceptors (Lipinski definition) is 12. The van der Waals surface area contributed by atoms with Gasteiger partial charge in [-0.3, -0.25) is 19.8 Å². The molecule has 0 spiro atoms. The number of rotatable bonds is 15. The number of nitro benzene ring substituents is 1. The number of nitrogens with one attached hydrogen (secondary N) is 3. The van der Waals surface area contributed by atoms with Crippen LogP contribution in [-0.2, 0) is 14.8 Å². The second-order valence-corrected chi connectivity index (χ2v) is 18.6. The largest absolute Gasteiger partial charge is 0.455 e. The summed E-state index contributed by atoms with van der Waals surface area (Å²) >= 11 is 0. The smallest absolute Gasteiger partial charge is 0.293 e. The number of aromatic amines is 1. The molecule has 2 aliphatic heterocycles. The molecule has 1 aliphatic carbocycles. The van der Waals surface area contributed by atoms with E-state index >= 15 is 0 Å². The van der Waals surface area contributed by atoms with Gasteiger partial charge in [0.05, 0.1) is 34.3 Å². The molecule has 0 bridgehead atoms. The molecule has 0 radical (unpaired) electrons. The number of hydrogen-bond donors (Lipinski definition) is 3. The van der Waals surface area contributed by atoms with Crippen molar-refractivity contribution in [2.45, 2.75) is 63.9 Å². The van der Waals surface area contributed by atoms with Crippen LogP contribution in [0.4, 0.5) is 17.1 Å². The third-order valence-electron chi connectivity index (χ3n) is 11.7. The molecule has 2 aromatic carbocycles. The summed E-state index contributed by atoms with van der Waals surface area (Å²) in [5.74, 6) is -0.464. The number of nitro groups is 1. The Kier molecular flexibility index (Phi) is 12.9. The molecule has 1 atom stereocenters. The Morgan fingerprint density at radius 2 is 1.92 bits per heavy atom. The maximum Gasteiger partial charge on any atom is 0.293 e. The van der Waals surface area contributed by atoms with Gasteiger partial charge < -0.3 is 29.6 Å². The molecule has 2 fully saturated rings. The zero-order valence-electron chi connectivity index (χ0n) is 35.0. The van der Waals surface area contributed by atoms with Gasteiger partial charge in [-0.15, -0.1) is 0 Å². The monoisotopic (exact) mass is 840 g/mol. The molecule has 16 heteroatoms. The number of H-pyrrole nitrogens is 1. The van der Waals surface area contributed by atoms with Crippen LogP contribution in [0.3, 0.4) is 0 Å². The van der Waals surface area contributed by atoms with Crippen molar-refractivity contribution in [1.82, 2.24) is 24.5 Å². The second kappa shape index (κ2) is 18.1. The first-order valence-electron chi connectivity index (χ1n) is 20.7. The molecule has 15 nitrogen and oxygen atoms in total. The Labute approximate surface area is 352 Å². The number of sulfonamides is 1. The van der Waals surface area contributed by atoms with Crippen molar-refractivity contribution < 1.29 is 27.6 Å². The van der Waals surface area contributed by atoms with E-state index < -0.39 is 31.4 Å². The predicted octanol–water partition coefficient (Wildman–Crippen LogP) is 7.11. The zero-order chi connectivity index (χ0) is 42.6. The highest BCUT2D eigenvalue weighted by molar-refractivity contribution is 7.90. The fraction of sp³-hybridized carbons (Fsp3) is 0.455. The summed E-state index contributed by atoms with van der Waals surface area (Å²) < 4.78 is 41.5. The molecule has 0 unspecified atom stereocenters. The summed E-state index contributed by atoms with van der Waals surface area (Å²) in [6.07, 6.45) is 8.52. The number of aromatic nitrogens is 2. The second-order valence-electron chi connectivity index (χ2n) is 16.9. The fourth-order valence-electron chi connectivity index (χ4n) is 8.28. The van der Waals surface area contributed by atoms with E-state index in [9.17, 15) is 23.3 Å². The average molecular weight is 841 g/mol. The van der Waals surface area contributed by atoms with Crippen molar-refractivity contribution in [3.8, 4) is 11.5 Å². The van der Waals surface area contributed by atoms with Gasteiger partial charge in [-0.25, -0.2) is 18.1 Å². The molecule has 0 saturated carbocycles. The van der Waals surface area contributed by atoms with Crippen LogP contribution in [0, 0.1) is 15.5 Å². The summed E-state index contributed by atoms with van der Waals surface area (Å²) in [7, 11) is -2.60. The summed E-state index contributed by atoms with van der Waals surface area (Å²) in [6.45, 7) is 17.8. The first kappa shape index (κ1) is 42.8. The lowest BCUT2D eigenvalue weighted by Gasteiger charge is -2.39. The van der Waals surface area contributed by atoms with Gasteiger partial charge in [-0.2, -0.15) is 0 Å². The Morgan fingerprint density at radius 3 is 2.67 bits per heavy atom. The third-order valence-corrected chi connectivity index (χ3v) is 13.0. The molecule has 4 aromatic rings. The number of likely N-dealkylation sites (N-methyl/N-ethyl adjacent to an activating group) is 1. The minimum absolute atomic E-state index is 0.0349. The van der Waals surface area contributed by atoms with Gasteiger partial charge in [0.2, 0.25) is 0 Å². The zero-order valence-corrected chi connectivity index (χ0v) is 35.8. The third kappa shape index (κ3) is 10.2. The van der Waals surface area contributed by atoms with Crippen LogP contribution in [0.1, 0.15) is 63.2 Å². The van der Waals surface area contributed by atoms with Gasteiger partial charge >= 0.3 is 0 Å². The van der Waals surface area contributed by atoms with Crippen molar-refractivity contribution >= 4 is 44.0 Å². The number of anilines is 2. The number of morpholine rings is 1. The van der Waals surface area contributed by atoms with Crippen LogP contribution in [0.2, 0.25) is 0 Å². The number of carbonyl (C=O) groups excluding carboxylic acids is 1. The van der Waals surface area contributed by atoms with Crippen molar-refractivity contribution in [1.29, 1.82) is 0 Å². The summed E-state index contributed by atoms with van der Waals surface area (Å²) in [5.41, 5.74) is 5.66. The molecule has 60 heavy (non-hydrogen) atoms. The Morgan fingerprint density at radius 1 is 1.12 bits per heavy atom. The van der Waals surface area contributed by atoms with Crippen LogP contribution in [0.25, 0.3) is 11.0 Å². The topological polar surface area (TPSA) is 175 Å². The van der Waals surface area contributed by atoms with E-state index in [0.717, 1.165) is 82.1 Å². The van der Waals surface area contributed by atoms with Gasteiger partial charge in [0.25, 0.3) is 21.6 Å². The lowest BCUT2D eigenvalue weighted by Crippen LogP contribution is -2.47. The molecule has 1 amide bonds. The number of fused-ring (bicyclic) bond motifs is 1. The molecular formula is C44H56N8O7S. The van der Waals surface area contributed by atoms with E-state index in [-0.39, 0.29) is 28.5 Å². The van der Waals surface area contributed by atoms with Gasteiger partial charge in [0.15, 0.2) is 0 Å².